The fraction of sp³-hybridized carbons (Fsp3) is 0.263. The molecule has 0 spiro atoms. The number of fused-ring (bicyclic) bond motifs is 1. The average molecular weight is 423 g/mol. The van der Waals surface area contributed by atoms with Crippen LogP contribution in [0.5, 0.6) is 0 Å². The van der Waals surface area contributed by atoms with Crippen LogP contribution < -0.4 is 5.32 Å². The Morgan fingerprint density at radius 1 is 1.10 bits per heavy atom. The summed E-state index contributed by atoms with van der Waals surface area (Å²) in [5, 5.41) is 2.29. The number of amides is 1. The van der Waals surface area contributed by atoms with Gasteiger partial charge in [0, 0.05) is 18.7 Å². The topological polar surface area (TPSA) is 78.8 Å². The van der Waals surface area contributed by atoms with Crippen molar-refractivity contribution in [1.82, 2.24) is 4.90 Å². The Bertz CT molecular complexity index is 1130. The maximum atomic E-state index is 13.8. The van der Waals surface area contributed by atoms with Gasteiger partial charge in [-0.15, -0.1) is 4.40 Å². The number of hydrogen-bond donors (Lipinski definition) is 1. The largest absolute Gasteiger partial charge is 0.355 e. The van der Waals surface area contributed by atoms with Crippen LogP contribution in [0.15, 0.2) is 45.7 Å². The third-order valence-corrected chi connectivity index (χ3v) is 6.32. The first kappa shape index (κ1) is 19.4. The minimum Gasteiger partial charge on any atom is -0.355 e. The van der Waals surface area contributed by atoms with Gasteiger partial charge in [0.25, 0.3) is 10.0 Å². The molecule has 0 unspecified atom stereocenters. The van der Waals surface area contributed by atoms with Crippen LogP contribution in [0, 0.1) is 23.4 Å². The molecule has 2 aromatic carbocycles. The molecule has 152 valence electrons. The molecule has 1 N–H and O–H groups in total. The van der Waals surface area contributed by atoms with Crippen molar-refractivity contribution in [3.8, 4) is 0 Å². The lowest BCUT2D eigenvalue weighted by Crippen LogP contribution is -2.43. The number of amidine groups is 1. The molecule has 10 heteroatoms. The molecule has 1 atom stereocenters. The zero-order valence-corrected chi connectivity index (χ0v) is 15.8. The highest BCUT2D eigenvalue weighted by Gasteiger charge is 2.35. The summed E-state index contributed by atoms with van der Waals surface area (Å²) in [5.74, 6) is -5.36. The molecule has 0 saturated carbocycles. The van der Waals surface area contributed by atoms with E-state index in [1.807, 2.05) is 0 Å². The van der Waals surface area contributed by atoms with E-state index in [9.17, 15) is 26.4 Å². The zero-order valence-electron chi connectivity index (χ0n) is 15.0. The van der Waals surface area contributed by atoms with E-state index < -0.39 is 45.0 Å². The smallest absolute Gasteiger partial charge is 0.285 e. The van der Waals surface area contributed by atoms with Gasteiger partial charge < -0.3 is 10.2 Å². The quantitative estimate of drug-likeness (QED) is 0.754. The van der Waals surface area contributed by atoms with Gasteiger partial charge in [-0.1, -0.05) is 12.1 Å². The summed E-state index contributed by atoms with van der Waals surface area (Å²) in [6.45, 7) is 0.672. The van der Waals surface area contributed by atoms with Crippen molar-refractivity contribution in [3.05, 3.63) is 59.4 Å². The first-order chi connectivity index (χ1) is 13.8. The van der Waals surface area contributed by atoms with Crippen LogP contribution in [0.1, 0.15) is 18.4 Å². The minimum atomic E-state index is -3.79. The fourth-order valence-corrected chi connectivity index (χ4v) is 4.78. The van der Waals surface area contributed by atoms with Crippen molar-refractivity contribution in [3.63, 3.8) is 0 Å². The lowest BCUT2D eigenvalue weighted by atomic mass is 9.96. The van der Waals surface area contributed by atoms with E-state index in [-0.39, 0.29) is 17.3 Å². The Balaban J connectivity index is 1.54. The number of hydrogen-bond acceptors (Lipinski definition) is 4. The molecule has 4 rings (SSSR count). The monoisotopic (exact) mass is 423 g/mol. The normalized spacial score (nSPS) is 20.2. The summed E-state index contributed by atoms with van der Waals surface area (Å²) in [7, 11) is -3.79. The molecule has 2 aliphatic rings. The molecular weight excluding hydrogens is 407 g/mol. The number of carbonyl (C=O) groups excluding carboxylic acids is 1. The van der Waals surface area contributed by atoms with Gasteiger partial charge in [-0.05, 0) is 37.1 Å². The van der Waals surface area contributed by atoms with Crippen molar-refractivity contribution in [2.75, 3.05) is 18.4 Å². The lowest BCUT2D eigenvalue weighted by Gasteiger charge is -2.33. The van der Waals surface area contributed by atoms with Crippen LogP contribution in [0.4, 0.5) is 18.9 Å². The predicted molar refractivity (Wildman–Crippen MR) is 99.4 cm³/mol. The Hall–Kier alpha value is -2.88. The number of nitrogens with zero attached hydrogens (tertiary/aromatic N) is 2. The number of piperidine rings is 1. The van der Waals surface area contributed by atoms with Gasteiger partial charge in [0.05, 0.1) is 11.6 Å². The Morgan fingerprint density at radius 2 is 1.86 bits per heavy atom. The molecule has 6 nitrogen and oxygen atoms in total. The van der Waals surface area contributed by atoms with Gasteiger partial charge >= 0.3 is 0 Å². The van der Waals surface area contributed by atoms with Gasteiger partial charge in [-0.25, -0.2) is 13.2 Å². The van der Waals surface area contributed by atoms with Crippen molar-refractivity contribution in [1.29, 1.82) is 0 Å². The van der Waals surface area contributed by atoms with Crippen molar-refractivity contribution < 1.29 is 26.4 Å². The first-order valence-corrected chi connectivity index (χ1v) is 10.4. The average Bonchev–Trinajstić information content (AvgIpc) is 3.00. The second kappa shape index (κ2) is 7.18. The molecule has 0 bridgehead atoms. The summed E-state index contributed by atoms with van der Waals surface area (Å²) >= 11 is 0. The highest BCUT2D eigenvalue weighted by Crippen LogP contribution is 2.30. The standard InChI is InChI=1S/C19H16F3N3O3S/c20-13-7-8-14(17(22)16(13)21)23-19(26)11-4-3-9-25(10-11)18-12-5-1-2-6-15(12)29(27,28)24-18/h1-2,5-8,11H,3-4,9-10H2,(H,23,26)/t11-/m0/s1. The fourth-order valence-electron chi connectivity index (χ4n) is 3.56. The number of halogens is 3. The van der Waals surface area contributed by atoms with Crippen LogP contribution in [-0.2, 0) is 14.8 Å². The van der Waals surface area contributed by atoms with Gasteiger partial charge in [0.1, 0.15) is 4.90 Å². The van der Waals surface area contributed by atoms with Gasteiger partial charge in [-0.3, -0.25) is 4.79 Å². The maximum Gasteiger partial charge on any atom is 0.285 e. The highest BCUT2D eigenvalue weighted by atomic mass is 32.2. The van der Waals surface area contributed by atoms with Crippen LogP contribution in [0.25, 0.3) is 0 Å². The number of anilines is 1. The van der Waals surface area contributed by atoms with Gasteiger partial charge in [0.15, 0.2) is 23.3 Å². The molecule has 1 fully saturated rings. The highest BCUT2D eigenvalue weighted by molar-refractivity contribution is 7.90. The molecule has 0 aromatic heterocycles. The zero-order chi connectivity index (χ0) is 20.8. The van der Waals surface area contributed by atoms with E-state index in [0.29, 0.717) is 24.9 Å². The van der Waals surface area contributed by atoms with Gasteiger partial charge in [-0.2, -0.15) is 8.42 Å². The predicted octanol–water partition coefficient (Wildman–Crippen LogP) is 2.90. The molecule has 29 heavy (non-hydrogen) atoms. The van der Waals surface area contributed by atoms with E-state index in [2.05, 4.69) is 9.71 Å². The SMILES string of the molecule is O=C(Nc1ccc(F)c(F)c1F)[C@H]1CCCN(C2=NS(=O)(=O)c3ccccc32)C1. The Morgan fingerprint density at radius 3 is 2.66 bits per heavy atom. The summed E-state index contributed by atoms with van der Waals surface area (Å²) in [5.41, 5.74) is 0.0253. The third-order valence-electron chi connectivity index (χ3n) is 5.00. The summed E-state index contributed by atoms with van der Waals surface area (Å²) in [6.07, 6.45) is 1.06. The number of carbonyl (C=O) groups is 1. The number of likely N-dealkylation sites (tertiary alicyclic amines) is 1. The molecule has 0 aliphatic carbocycles. The molecule has 1 saturated heterocycles. The first-order valence-electron chi connectivity index (χ1n) is 8.91. The van der Waals surface area contributed by atoms with Crippen LogP contribution >= 0.6 is 0 Å². The molecule has 1 amide bonds. The second-order valence-corrected chi connectivity index (χ2v) is 8.46. The Labute approximate surface area is 165 Å². The van der Waals surface area contributed by atoms with E-state index in [0.717, 1.165) is 12.1 Å². The van der Waals surface area contributed by atoms with Crippen LogP contribution in [0.3, 0.4) is 0 Å². The number of benzene rings is 2. The van der Waals surface area contributed by atoms with E-state index >= 15 is 0 Å². The van der Waals surface area contributed by atoms with Crippen molar-refractivity contribution in [2.24, 2.45) is 10.3 Å². The molecule has 2 aliphatic heterocycles. The molecule has 0 radical (unpaired) electrons. The summed E-state index contributed by atoms with van der Waals surface area (Å²) in [6, 6.07) is 8.12. The molecule has 2 heterocycles. The lowest BCUT2D eigenvalue weighted by molar-refractivity contribution is -0.121. The van der Waals surface area contributed by atoms with E-state index in [1.165, 1.54) is 6.07 Å². The Kier molecular flexibility index (Phi) is 4.81. The molecule has 2 aromatic rings. The minimum absolute atomic E-state index is 0.116. The molecular formula is C19H16F3N3O3S. The second-order valence-electron chi connectivity index (χ2n) is 6.88. The van der Waals surface area contributed by atoms with E-state index in [4.69, 9.17) is 0 Å². The van der Waals surface area contributed by atoms with Crippen LogP contribution in [-0.4, -0.2) is 38.2 Å². The van der Waals surface area contributed by atoms with Gasteiger partial charge in [0.2, 0.25) is 5.91 Å². The number of nitrogens with one attached hydrogen (secondary N) is 1. The van der Waals surface area contributed by atoms with Crippen molar-refractivity contribution in [2.45, 2.75) is 17.7 Å². The number of rotatable bonds is 2. The van der Waals surface area contributed by atoms with Crippen LogP contribution in [0.2, 0.25) is 0 Å². The number of sulfonamides is 1. The summed E-state index contributed by atoms with van der Waals surface area (Å²) in [4.78, 5) is 14.4. The summed E-state index contributed by atoms with van der Waals surface area (Å²) < 4.78 is 68.7. The van der Waals surface area contributed by atoms with E-state index in [1.54, 1.807) is 23.1 Å². The maximum absolute atomic E-state index is 13.8. The third kappa shape index (κ3) is 3.48. The van der Waals surface area contributed by atoms with Crippen molar-refractivity contribution >= 4 is 27.5 Å².